The molecule has 0 atom stereocenters. The summed E-state index contributed by atoms with van der Waals surface area (Å²) in [6, 6.07) is 11.2. The maximum absolute atomic E-state index is 12.8. The van der Waals surface area contributed by atoms with Gasteiger partial charge in [-0.05, 0) is 42.0 Å². The van der Waals surface area contributed by atoms with E-state index in [0.717, 1.165) is 16.1 Å². The molecular weight excluding hydrogens is 303 g/mol. The van der Waals surface area contributed by atoms with Crippen molar-refractivity contribution in [2.45, 2.75) is 11.3 Å². The number of hydrogen-bond acceptors (Lipinski definition) is 3. The fourth-order valence-electron chi connectivity index (χ4n) is 2.16. The predicted octanol–water partition coefficient (Wildman–Crippen LogP) is 3.05. The second-order valence-corrected chi connectivity index (χ2v) is 5.92. The summed E-state index contributed by atoms with van der Waals surface area (Å²) in [7, 11) is 0. The Morgan fingerprint density at radius 3 is 2.77 bits per heavy atom. The highest BCUT2D eigenvalue weighted by atomic mass is 32.2. The molecule has 0 saturated carbocycles. The van der Waals surface area contributed by atoms with Gasteiger partial charge in [0.15, 0.2) is 0 Å². The van der Waals surface area contributed by atoms with Crippen molar-refractivity contribution in [1.82, 2.24) is 0 Å². The van der Waals surface area contributed by atoms with E-state index in [1.54, 1.807) is 0 Å². The average Bonchev–Trinajstić information content (AvgIpc) is 2.49. The van der Waals surface area contributed by atoms with Crippen LogP contribution in [0.15, 0.2) is 47.4 Å². The number of hydrogen-bond donors (Lipinski definition) is 2. The fraction of sp³-hybridized carbons (Fsp3) is 0.125. The number of carbonyl (C=O) groups is 2. The van der Waals surface area contributed by atoms with Gasteiger partial charge in [0.05, 0.1) is 17.9 Å². The lowest BCUT2D eigenvalue weighted by Gasteiger charge is -2.17. The molecule has 112 valence electrons. The zero-order valence-corrected chi connectivity index (χ0v) is 12.4. The molecular formula is C16H13FN2O2S. The summed E-state index contributed by atoms with van der Waals surface area (Å²) in [5, 5.41) is 5.50. The summed E-state index contributed by atoms with van der Waals surface area (Å²) in [5.41, 5.74) is 2.10. The van der Waals surface area contributed by atoms with Gasteiger partial charge >= 0.3 is 0 Å². The van der Waals surface area contributed by atoms with Gasteiger partial charge in [-0.1, -0.05) is 6.07 Å². The van der Waals surface area contributed by atoms with Crippen LogP contribution in [0.25, 0.3) is 0 Å². The minimum atomic E-state index is -0.346. The predicted molar refractivity (Wildman–Crippen MR) is 84.5 cm³/mol. The summed E-state index contributed by atoms with van der Waals surface area (Å²) in [5.74, 6) is -0.162. The largest absolute Gasteiger partial charge is 0.326 e. The smallest absolute Gasteiger partial charge is 0.234 e. The third-order valence-corrected chi connectivity index (χ3v) is 4.24. The molecule has 0 aromatic heterocycles. The highest BCUT2D eigenvalue weighted by Crippen LogP contribution is 2.32. The first-order valence-corrected chi connectivity index (χ1v) is 7.70. The first kappa shape index (κ1) is 14.6. The number of carbonyl (C=O) groups excluding carboxylic acids is 2. The molecule has 0 saturated heterocycles. The molecule has 0 aliphatic carbocycles. The van der Waals surface area contributed by atoms with Gasteiger partial charge in [0.1, 0.15) is 5.82 Å². The SMILES string of the molecule is O=C(Cc1ccc2c(c1)NC(=O)CS2)Nc1ccc(F)cc1. The molecule has 6 heteroatoms. The van der Waals surface area contributed by atoms with Crippen LogP contribution in [0.5, 0.6) is 0 Å². The van der Waals surface area contributed by atoms with Gasteiger partial charge in [0, 0.05) is 10.6 Å². The number of amides is 2. The molecule has 0 radical (unpaired) electrons. The van der Waals surface area contributed by atoms with Crippen molar-refractivity contribution >= 4 is 35.0 Å². The Morgan fingerprint density at radius 2 is 2.00 bits per heavy atom. The van der Waals surface area contributed by atoms with Gasteiger partial charge in [0.2, 0.25) is 11.8 Å². The van der Waals surface area contributed by atoms with E-state index in [9.17, 15) is 14.0 Å². The fourth-order valence-corrected chi connectivity index (χ4v) is 2.95. The van der Waals surface area contributed by atoms with Gasteiger partial charge in [0.25, 0.3) is 0 Å². The molecule has 0 unspecified atom stereocenters. The van der Waals surface area contributed by atoms with Gasteiger partial charge in [-0.3, -0.25) is 9.59 Å². The minimum Gasteiger partial charge on any atom is -0.326 e. The summed E-state index contributed by atoms with van der Waals surface area (Å²) in [4.78, 5) is 24.4. The van der Waals surface area contributed by atoms with E-state index in [1.807, 2.05) is 18.2 Å². The van der Waals surface area contributed by atoms with E-state index in [-0.39, 0.29) is 24.1 Å². The van der Waals surface area contributed by atoms with Crippen molar-refractivity contribution in [3.63, 3.8) is 0 Å². The Morgan fingerprint density at radius 1 is 1.23 bits per heavy atom. The van der Waals surface area contributed by atoms with Gasteiger partial charge < -0.3 is 10.6 Å². The Kier molecular flexibility index (Phi) is 4.11. The molecule has 1 aliphatic heterocycles. The van der Waals surface area contributed by atoms with Crippen molar-refractivity contribution in [2.24, 2.45) is 0 Å². The Labute approximate surface area is 131 Å². The van der Waals surface area contributed by atoms with E-state index in [1.165, 1.54) is 36.0 Å². The summed E-state index contributed by atoms with van der Waals surface area (Å²) in [6.07, 6.45) is 0.186. The maximum atomic E-state index is 12.8. The van der Waals surface area contributed by atoms with Crippen LogP contribution in [0.4, 0.5) is 15.8 Å². The zero-order chi connectivity index (χ0) is 15.5. The molecule has 2 aromatic rings. The van der Waals surface area contributed by atoms with E-state index >= 15 is 0 Å². The number of anilines is 2. The van der Waals surface area contributed by atoms with Crippen molar-refractivity contribution in [1.29, 1.82) is 0 Å². The second kappa shape index (κ2) is 6.19. The first-order valence-electron chi connectivity index (χ1n) is 6.71. The van der Waals surface area contributed by atoms with Crippen LogP contribution >= 0.6 is 11.8 Å². The number of fused-ring (bicyclic) bond motifs is 1. The first-order chi connectivity index (χ1) is 10.6. The molecule has 4 nitrogen and oxygen atoms in total. The van der Waals surface area contributed by atoms with Crippen molar-refractivity contribution < 1.29 is 14.0 Å². The highest BCUT2D eigenvalue weighted by Gasteiger charge is 2.16. The average molecular weight is 316 g/mol. The maximum Gasteiger partial charge on any atom is 0.234 e. The quantitative estimate of drug-likeness (QED) is 0.915. The van der Waals surface area contributed by atoms with Crippen molar-refractivity contribution in [3.05, 3.63) is 53.8 Å². The standard InChI is InChI=1S/C16H13FN2O2S/c17-11-2-4-12(5-3-11)18-15(20)8-10-1-6-14-13(7-10)19-16(21)9-22-14/h1-7H,8-9H2,(H,18,20)(H,19,21). The molecule has 3 rings (SSSR count). The lowest BCUT2D eigenvalue weighted by Crippen LogP contribution is -2.19. The Bertz CT molecular complexity index is 731. The van der Waals surface area contributed by atoms with Crippen molar-refractivity contribution in [3.8, 4) is 0 Å². The number of benzene rings is 2. The van der Waals surface area contributed by atoms with Crippen molar-refractivity contribution in [2.75, 3.05) is 16.4 Å². The molecule has 2 N–H and O–H groups in total. The van der Waals surface area contributed by atoms with E-state index < -0.39 is 0 Å². The van der Waals surface area contributed by atoms with Crippen LogP contribution in [0, 0.1) is 5.82 Å². The Balaban J connectivity index is 1.67. The van der Waals surface area contributed by atoms with Crippen LogP contribution in [0.2, 0.25) is 0 Å². The van der Waals surface area contributed by atoms with E-state index in [0.29, 0.717) is 11.4 Å². The van der Waals surface area contributed by atoms with E-state index in [2.05, 4.69) is 10.6 Å². The number of thioether (sulfide) groups is 1. The van der Waals surface area contributed by atoms with Crippen LogP contribution < -0.4 is 10.6 Å². The lowest BCUT2D eigenvalue weighted by atomic mass is 10.1. The molecule has 0 fully saturated rings. The third kappa shape index (κ3) is 3.46. The molecule has 0 bridgehead atoms. The monoisotopic (exact) mass is 316 g/mol. The number of halogens is 1. The zero-order valence-electron chi connectivity index (χ0n) is 11.6. The summed E-state index contributed by atoms with van der Waals surface area (Å²) < 4.78 is 12.8. The summed E-state index contributed by atoms with van der Waals surface area (Å²) >= 11 is 1.48. The topological polar surface area (TPSA) is 58.2 Å². The molecule has 1 heterocycles. The molecule has 2 amide bonds. The third-order valence-electron chi connectivity index (χ3n) is 3.17. The summed E-state index contributed by atoms with van der Waals surface area (Å²) in [6.45, 7) is 0. The molecule has 1 aliphatic rings. The minimum absolute atomic E-state index is 0.0367. The Hall–Kier alpha value is -2.34. The van der Waals surface area contributed by atoms with Crippen LogP contribution in [0.1, 0.15) is 5.56 Å². The second-order valence-electron chi connectivity index (χ2n) is 4.90. The highest BCUT2D eigenvalue weighted by molar-refractivity contribution is 8.00. The van der Waals surface area contributed by atoms with Crippen LogP contribution in [-0.4, -0.2) is 17.6 Å². The van der Waals surface area contributed by atoms with Crippen LogP contribution in [-0.2, 0) is 16.0 Å². The van der Waals surface area contributed by atoms with Gasteiger partial charge in [-0.2, -0.15) is 0 Å². The molecule has 0 spiro atoms. The van der Waals surface area contributed by atoms with E-state index in [4.69, 9.17) is 0 Å². The number of nitrogens with one attached hydrogen (secondary N) is 2. The number of rotatable bonds is 3. The normalized spacial score (nSPS) is 13.2. The van der Waals surface area contributed by atoms with Gasteiger partial charge in [-0.25, -0.2) is 4.39 Å². The molecule has 22 heavy (non-hydrogen) atoms. The van der Waals surface area contributed by atoms with Gasteiger partial charge in [-0.15, -0.1) is 11.8 Å². The molecule has 2 aromatic carbocycles. The van der Waals surface area contributed by atoms with Crippen LogP contribution in [0.3, 0.4) is 0 Å². The lowest BCUT2D eigenvalue weighted by molar-refractivity contribution is -0.115.